The molecule has 0 fully saturated rings. The van der Waals surface area contributed by atoms with Crippen LogP contribution in [0, 0.1) is 10.8 Å². The predicted molar refractivity (Wildman–Crippen MR) is 140 cm³/mol. The van der Waals surface area contributed by atoms with Crippen molar-refractivity contribution in [2.24, 2.45) is 0 Å². The number of hydrogen-bond donors (Lipinski definition) is 5. The number of halogens is 2. The van der Waals surface area contributed by atoms with E-state index in [1.165, 1.54) is 0 Å². The SMILES string of the molecule is N=C(Nc1ccc(NC(=O)c2ccc(NC(=N)c3ccccn3)cc2Cl)c(Cl)c1)c1ccccn1. The van der Waals surface area contributed by atoms with E-state index in [0.29, 0.717) is 28.5 Å². The third-order valence-corrected chi connectivity index (χ3v) is 5.44. The van der Waals surface area contributed by atoms with Crippen molar-refractivity contribution in [3.8, 4) is 0 Å². The number of aromatic nitrogens is 2. The van der Waals surface area contributed by atoms with E-state index in [9.17, 15) is 4.79 Å². The van der Waals surface area contributed by atoms with Crippen LogP contribution in [0.2, 0.25) is 10.0 Å². The highest BCUT2D eigenvalue weighted by molar-refractivity contribution is 6.36. The van der Waals surface area contributed by atoms with Gasteiger partial charge in [0.1, 0.15) is 23.1 Å². The van der Waals surface area contributed by atoms with Gasteiger partial charge in [0, 0.05) is 23.8 Å². The minimum atomic E-state index is -0.440. The number of anilines is 3. The van der Waals surface area contributed by atoms with E-state index in [1.807, 2.05) is 0 Å². The zero-order chi connectivity index (χ0) is 24.8. The Morgan fingerprint density at radius 3 is 1.71 bits per heavy atom. The highest BCUT2D eigenvalue weighted by Crippen LogP contribution is 2.28. The molecule has 0 radical (unpaired) electrons. The monoisotopic (exact) mass is 503 g/mol. The van der Waals surface area contributed by atoms with E-state index >= 15 is 0 Å². The first-order valence-corrected chi connectivity index (χ1v) is 11.1. The van der Waals surface area contributed by atoms with Crippen LogP contribution in [0.15, 0.2) is 85.2 Å². The van der Waals surface area contributed by atoms with Gasteiger partial charge in [-0.1, -0.05) is 35.3 Å². The normalized spacial score (nSPS) is 10.3. The molecule has 4 aromatic rings. The van der Waals surface area contributed by atoms with Gasteiger partial charge >= 0.3 is 0 Å². The molecule has 174 valence electrons. The molecule has 10 heteroatoms. The molecule has 2 heterocycles. The summed E-state index contributed by atoms with van der Waals surface area (Å²) in [5.74, 6) is -0.212. The lowest BCUT2D eigenvalue weighted by Gasteiger charge is -2.13. The van der Waals surface area contributed by atoms with Crippen LogP contribution in [-0.2, 0) is 0 Å². The minimum absolute atomic E-state index is 0.107. The highest BCUT2D eigenvalue weighted by atomic mass is 35.5. The van der Waals surface area contributed by atoms with Gasteiger partial charge < -0.3 is 16.0 Å². The van der Waals surface area contributed by atoms with E-state index < -0.39 is 5.91 Å². The van der Waals surface area contributed by atoms with Crippen LogP contribution in [0.1, 0.15) is 21.7 Å². The molecule has 0 spiro atoms. The Kier molecular flexibility index (Phi) is 7.35. The topological polar surface area (TPSA) is 127 Å². The molecular weight excluding hydrogens is 485 g/mol. The average Bonchev–Trinajstić information content (AvgIpc) is 2.86. The maximum atomic E-state index is 12.8. The standard InChI is InChI=1S/C25H19Cl2N7O/c26-18-13-15(32-23(28)21-5-1-3-11-30-21)7-9-17(18)25(35)34-20-10-8-16(14-19(20)27)33-24(29)22-6-2-4-12-31-22/h1-14H,(H2,28,32)(H2,29,33)(H,34,35). The number of hydrogen-bond acceptors (Lipinski definition) is 5. The molecule has 35 heavy (non-hydrogen) atoms. The number of amidine groups is 2. The van der Waals surface area contributed by atoms with E-state index in [2.05, 4.69) is 25.9 Å². The number of rotatable bonds is 6. The summed E-state index contributed by atoms with van der Waals surface area (Å²) in [5, 5.41) is 25.3. The number of amides is 1. The van der Waals surface area contributed by atoms with Crippen molar-refractivity contribution < 1.29 is 4.79 Å². The van der Waals surface area contributed by atoms with Gasteiger partial charge in [0.15, 0.2) is 0 Å². The number of pyridine rings is 2. The molecule has 0 bridgehead atoms. The van der Waals surface area contributed by atoms with Crippen molar-refractivity contribution in [1.82, 2.24) is 9.97 Å². The number of carbonyl (C=O) groups is 1. The number of nitrogens with one attached hydrogen (secondary N) is 5. The molecule has 0 saturated carbocycles. The lowest BCUT2D eigenvalue weighted by molar-refractivity contribution is 0.102. The van der Waals surface area contributed by atoms with Crippen molar-refractivity contribution in [3.05, 3.63) is 112 Å². The fraction of sp³-hybridized carbons (Fsp3) is 0. The molecule has 2 aromatic carbocycles. The van der Waals surface area contributed by atoms with Gasteiger partial charge in [-0.3, -0.25) is 25.6 Å². The van der Waals surface area contributed by atoms with Crippen LogP contribution in [0.25, 0.3) is 0 Å². The second-order valence-corrected chi connectivity index (χ2v) is 8.09. The summed E-state index contributed by atoms with van der Waals surface area (Å²) in [4.78, 5) is 21.0. The van der Waals surface area contributed by atoms with Crippen LogP contribution >= 0.6 is 23.2 Å². The van der Waals surface area contributed by atoms with Gasteiger partial charge in [-0.05, 0) is 60.7 Å². The molecule has 0 saturated heterocycles. The maximum Gasteiger partial charge on any atom is 0.257 e. The molecule has 2 aromatic heterocycles. The zero-order valence-electron chi connectivity index (χ0n) is 18.1. The first kappa shape index (κ1) is 23.9. The number of carbonyl (C=O) groups excluding carboxylic acids is 1. The molecule has 0 aliphatic rings. The smallest absolute Gasteiger partial charge is 0.257 e. The number of benzene rings is 2. The van der Waals surface area contributed by atoms with Crippen LogP contribution in [-0.4, -0.2) is 27.5 Å². The van der Waals surface area contributed by atoms with Crippen molar-refractivity contribution in [1.29, 1.82) is 10.8 Å². The van der Waals surface area contributed by atoms with Gasteiger partial charge in [-0.2, -0.15) is 0 Å². The molecular formula is C25H19Cl2N7O. The highest BCUT2D eigenvalue weighted by Gasteiger charge is 2.14. The Morgan fingerprint density at radius 1 is 0.686 bits per heavy atom. The third-order valence-electron chi connectivity index (χ3n) is 4.81. The zero-order valence-corrected chi connectivity index (χ0v) is 19.7. The van der Waals surface area contributed by atoms with Gasteiger partial charge in [-0.25, -0.2) is 0 Å². The van der Waals surface area contributed by atoms with Gasteiger partial charge in [0.2, 0.25) is 0 Å². The van der Waals surface area contributed by atoms with Gasteiger partial charge in [0.25, 0.3) is 5.91 Å². The summed E-state index contributed by atoms with van der Waals surface area (Å²) in [6.45, 7) is 0. The van der Waals surface area contributed by atoms with Gasteiger partial charge in [-0.15, -0.1) is 0 Å². The van der Waals surface area contributed by atoms with Crippen molar-refractivity contribution in [2.45, 2.75) is 0 Å². The molecule has 4 rings (SSSR count). The molecule has 0 atom stereocenters. The fourth-order valence-electron chi connectivity index (χ4n) is 3.10. The van der Waals surface area contributed by atoms with E-state index in [1.54, 1.807) is 85.2 Å². The van der Waals surface area contributed by atoms with Gasteiger partial charge in [0.05, 0.1) is 21.3 Å². The summed E-state index contributed by atoms with van der Waals surface area (Å²) in [7, 11) is 0. The largest absolute Gasteiger partial charge is 0.339 e. The number of nitrogens with zero attached hydrogens (tertiary/aromatic N) is 2. The van der Waals surface area contributed by atoms with Crippen molar-refractivity contribution >= 4 is 57.8 Å². The van der Waals surface area contributed by atoms with Crippen LogP contribution < -0.4 is 16.0 Å². The molecule has 8 nitrogen and oxygen atoms in total. The summed E-state index contributed by atoms with van der Waals surface area (Å²) in [5.41, 5.74) is 2.73. The maximum absolute atomic E-state index is 12.8. The minimum Gasteiger partial charge on any atom is -0.339 e. The summed E-state index contributed by atoms with van der Waals surface area (Å²) >= 11 is 12.7. The summed E-state index contributed by atoms with van der Waals surface area (Å²) in [6, 6.07) is 20.3. The summed E-state index contributed by atoms with van der Waals surface area (Å²) < 4.78 is 0. The van der Waals surface area contributed by atoms with Crippen LogP contribution in [0.5, 0.6) is 0 Å². The molecule has 1 amide bonds. The lowest BCUT2D eigenvalue weighted by Crippen LogP contribution is -2.16. The van der Waals surface area contributed by atoms with E-state index in [0.717, 1.165) is 0 Å². The van der Waals surface area contributed by atoms with Crippen molar-refractivity contribution in [2.75, 3.05) is 16.0 Å². The average molecular weight is 504 g/mol. The first-order valence-electron chi connectivity index (χ1n) is 10.3. The third kappa shape index (κ3) is 6.00. The molecule has 5 N–H and O–H groups in total. The molecule has 0 aliphatic heterocycles. The summed E-state index contributed by atoms with van der Waals surface area (Å²) in [6.07, 6.45) is 3.21. The van der Waals surface area contributed by atoms with Crippen molar-refractivity contribution in [3.63, 3.8) is 0 Å². The Bertz CT molecular complexity index is 1400. The van der Waals surface area contributed by atoms with Crippen LogP contribution in [0.3, 0.4) is 0 Å². The van der Waals surface area contributed by atoms with Crippen LogP contribution in [0.4, 0.5) is 17.1 Å². The Balaban J connectivity index is 1.41. The quantitative estimate of drug-likeness (QED) is 0.165. The Labute approximate surface area is 211 Å². The van der Waals surface area contributed by atoms with E-state index in [-0.39, 0.29) is 27.3 Å². The molecule has 0 aliphatic carbocycles. The van der Waals surface area contributed by atoms with E-state index in [4.69, 9.17) is 34.0 Å². The second kappa shape index (κ2) is 10.8. The second-order valence-electron chi connectivity index (χ2n) is 7.27. The fourth-order valence-corrected chi connectivity index (χ4v) is 3.59. The lowest BCUT2D eigenvalue weighted by atomic mass is 10.1. The first-order chi connectivity index (χ1) is 16.9. The molecule has 0 unspecified atom stereocenters. The Morgan fingerprint density at radius 2 is 1.23 bits per heavy atom. The Hall–Kier alpha value is -4.27. The predicted octanol–water partition coefficient (Wildman–Crippen LogP) is 5.91.